The molecule has 0 amide bonds. The van der Waals surface area contributed by atoms with E-state index in [1.54, 1.807) is 7.05 Å². The molecule has 3 fully saturated rings. The molecule has 2 aliphatic heterocycles. The van der Waals surface area contributed by atoms with Crippen molar-refractivity contribution in [2.24, 2.45) is 5.92 Å². The molecule has 0 aromatic heterocycles. The first-order chi connectivity index (χ1) is 12.3. The smallest absolute Gasteiger partial charge is 0.301 e. The average Bonchev–Trinajstić information content (AvgIpc) is 2.59. The maximum atomic E-state index is 12.8. The van der Waals surface area contributed by atoms with Crippen LogP contribution in [0.15, 0.2) is 30.3 Å². The number of carbonyl (C=O) groups is 1. The van der Waals surface area contributed by atoms with Crippen molar-refractivity contribution >= 4 is 5.78 Å². The Labute approximate surface area is 149 Å². The van der Waals surface area contributed by atoms with E-state index in [9.17, 15) is 25.0 Å². The molecule has 1 aliphatic carbocycles. The van der Waals surface area contributed by atoms with E-state index in [0.29, 0.717) is 0 Å². The third-order valence-electron chi connectivity index (χ3n) is 6.24. The number of likely N-dealkylation sites (N-methyl/N-ethyl adjacent to an activating group) is 1. The van der Waals surface area contributed by atoms with Gasteiger partial charge in [0.05, 0.1) is 19.2 Å². The minimum Gasteiger partial charge on any atom is -0.362 e. The predicted molar refractivity (Wildman–Crippen MR) is 88.7 cm³/mol. The number of piperidine rings is 1. The molecule has 0 N–H and O–H groups in total. The summed E-state index contributed by atoms with van der Waals surface area (Å²) in [5.41, 5.74) is -2.77. The van der Waals surface area contributed by atoms with Gasteiger partial charge in [0.2, 0.25) is 5.78 Å². The number of carbonyl (C=O) groups excluding carboxylic acids is 1. The molecule has 2 heterocycles. The molecule has 0 radical (unpaired) electrons. The fraction of sp³-hybridized carbons (Fsp3) is 0.588. The molecule has 2 saturated heterocycles. The van der Waals surface area contributed by atoms with Gasteiger partial charge in [0.15, 0.2) is 0 Å². The van der Waals surface area contributed by atoms with Crippen LogP contribution < -0.4 is 0 Å². The van der Waals surface area contributed by atoms with Crippen molar-refractivity contribution in [1.82, 2.24) is 4.90 Å². The summed E-state index contributed by atoms with van der Waals surface area (Å²) in [5, 5.41) is 24.2. The third kappa shape index (κ3) is 2.01. The van der Waals surface area contributed by atoms with Crippen LogP contribution >= 0.6 is 0 Å². The monoisotopic (exact) mass is 361 g/mol. The molecule has 1 saturated carbocycles. The zero-order chi connectivity index (χ0) is 18.7. The third-order valence-corrected chi connectivity index (χ3v) is 6.24. The molecular formula is C17H19N3O6. The summed E-state index contributed by atoms with van der Waals surface area (Å²) >= 11 is 0. The molecule has 138 valence electrons. The number of nitro groups is 2. The fourth-order valence-electron chi connectivity index (χ4n) is 5.17. The predicted octanol–water partition coefficient (Wildman–Crippen LogP) is 1.08. The molecule has 1 aromatic rings. The minimum absolute atomic E-state index is 0.0414. The highest BCUT2D eigenvalue weighted by atomic mass is 16.6. The van der Waals surface area contributed by atoms with Gasteiger partial charge in [-0.2, -0.15) is 0 Å². The van der Waals surface area contributed by atoms with Crippen LogP contribution in [-0.4, -0.2) is 57.8 Å². The van der Waals surface area contributed by atoms with Crippen molar-refractivity contribution in [3.8, 4) is 0 Å². The topological polar surface area (TPSA) is 116 Å². The van der Waals surface area contributed by atoms with Gasteiger partial charge in [-0.15, -0.1) is 0 Å². The molecule has 4 rings (SSSR count). The van der Waals surface area contributed by atoms with Crippen molar-refractivity contribution < 1.29 is 19.4 Å². The lowest BCUT2D eigenvalue weighted by molar-refractivity contribution is -0.653. The van der Waals surface area contributed by atoms with E-state index >= 15 is 0 Å². The van der Waals surface area contributed by atoms with Crippen LogP contribution in [0.3, 0.4) is 0 Å². The Hall–Kier alpha value is -2.39. The van der Waals surface area contributed by atoms with E-state index in [1.165, 1.54) is 4.90 Å². The summed E-state index contributed by atoms with van der Waals surface area (Å²) in [6.45, 7) is -0.0625. The normalized spacial score (nSPS) is 39.4. The molecule has 5 atom stereocenters. The van der Waals surface area contributed by atoms with Gasteiger partial charge in [0.25, 0.3) is 5.54 Å². The molecule has 4 bridgehead atoms. The van der Waals surface area contributed by atoms with Gasteiger partial charge in [-0.3, -0.25) is 29.9 Å². The Kier molecular flexibility index (Phi) is 3.64. The minimum atomic E-state index is -1.95. The lowest BCUT2D eigenvalue weighted by Gasteiger charge is -2.56. The van der Waals surface area contributed by atoms with Gasteiger partial charge in [0.1, 0.15) is 12.0 Å². The first-order valence-corrected chi connectivity index (χ1v) is 8.53. The summed E-state index contributed by atoms with van der Waals surface area (Å²) in [7, 11) is 1.58. The standard InChI is InChI=1S/C17H19N3O6/c1-18-9-16(19(22)23)13-7-12(11-5-3-2-4-6-11)26-15(8-14(16)21)17(13,10-18)20(24)25/h2-6,12-13,15H,7-10H2,1H3. The van der Waals surface area contributed by atoms with Gasteiger partial charge >= 0.3 is 5.54 Å². The maximum Gasteiger partial charge on any atom is 0.301 e. The van der Waals surface area contributed by atoms with Gasteiger partial charge in [-0.1, -0.05) is 30.3 Å². The molecule has 26 heavy (non-hydrogen) atoms. The summed E-state index contributed by atoms with van der Waals surface area (Å²) in [5.74, 6) is -1.56. The highest BCUT2D eigenvalue weighted by molar-refractivity contribution is 5.90. The largest absolute Gasteiger partial charge is 0.362 e. The number of hydrogen-bond donors (Lipinski definition) is 0. The zero-order valence-electron chi connectivity index (χ0n) is 14.2. The number of Topliss-reactive ketones (excluding diaryl/α,β-unsaturated/α-hetero) is 1. The van der Waals surface area contributed by atoms with Gasteiger partial charge in [-0.05, 0) is 19.0 Å². The summed E-state index contributed by atoms with van der Waals surface area (Å²) in [4.78, 5) is 37.4. The number of benzene rings is 1. The van der Waals surface area contributed by atoms with E-state index in [0.717, 1.165) is 5.56 Å². The number of likely N-dealkylation sites (tertiary alicyclic amines) is 1. The van der Waals surface area contributed by atoms with E-state index in [-0.39, 0.29) is 25.9 Å². The van der Waals surface area contributed by atoms with Crippen LogP contribution in [0.2, 0.25) is 0 Å². The molecule has 0 spiro atoms. The quantitative estimate of drug-likeness (QED) is 0.584. The van der Waals surface area contributed by atoms with Gasteiger partial charge < -0.3 is 4.74 Å². The van der Waals surface area contributed by atoms with Crippen molar-refractivity contribution in [1.29, 1.82) is 0 Å². The first kappa shape index (κ1) is 17.0. The maximum absolute atomic E-state index is 12.8. The molecule has 3 aliphatic rings. The lowest BCUT2D eigenvalue weighted by Crippen LogP contribution is -2.81. The number of rotatable bonds is 3. The van der Waals surface area contributed by atoms with Crippen LogP contribution in [0.25, 0.3) is 0 Å². The van der Waals surface area contributed by atoms with Crippen LogP contribution in [0, 0.1) is 26.1 Å². The van der Waals surface area contributed by atoms with Crippen molar-refractivity contribution in [3.63, 3.8) is 0 Å². The van der Waals surface area contributed by atoms with Crippen LogP contribution in [0.4, 0.5) is 0 Å². The Morgan fingerprint density at radius 2 is 1.85 bits per heavy atom. The van der Waals surface area contributed by atoms with E-state index in [2.05, 4.69) is 0 Å². The molecule has 5 unspecified atom stereocenters. The van der Waals surface area contributed by atoms with Crippen molar-refractivity contribution in [2.75, 3.05) is 20.1 Å². The Balaban J connectivity index is 1.86. The fourth-order valence-corrected chi connectivity index (χ4v) is 5.17. The number of ether oxygens (including phenoxy) is 1. The second-order valence-electron chi connectivity index (χ2n) is 7.54. The Bertz CT molecular complexity index is 786. The summed E-state index contributed by atoms with van der Waals surface area (Å²) < 4.78 is 6.03. The molecular weight excluding hydrogens is 342 g/mol. The Morgan fingerprint density at radius 3 is 2.46 bits per heavy atom. The van der Waals surface area contributed by atoms with Gasteiger partial charge in [-0.25, -0.2) is 0 Å². The molecule has 1 aromatic carbocycles. The summed E-state index contributed by atoms with van der Waals surface area (Å²) in [6, 6.07) is 9.18. The van der Waals surface area contributed by atoms with Crippen LogP contribution in [0.1, 0.15) is 24.5 Å². The SMILES string of the molecule is CN1CC2([N+](=O)[O-])C(=O)CC3OC(c4ccccc4)CC2C3([N+](=O)[O-])C1. The van der Waals surface area contributed by atoms with Crippen LogP contribution in [-0.2, 0) is 9.53 Å². The number of hydrogen-bond acceptors (Lipinski definition) is 7. The first-order valence-electron chi connectivity index (χ1n) is 8.53. The highest BCUT2D eigenvalue weighted by Gasteiger charge is 2.80. The summed E-state index contributed by atoms with van der Waals surface area (Å²) in [6.07, 6.45) is -1.67. The van der Waals surface area contributed by atoms with Crippen LogP contribution in [0.5, 0.6) is 0 Å². The van der Waals surface area contributed by atoms with Gasteiger partial charge in [0, 0.05) is 16.3 Å². The zero-order valence-corrected chi connectivity index (χ0v) is 14.2. The number of ketones is 1. The lowest BCUT2D eigenvalue weighted by atomic mass is 9.55. The molecule has 9 heteroatoms. The molecule has 9 nitrogen and oxygen atoms in total. The second kappa shape index (κ2) is 5.55. The van der Waals surface area contributed by atoms with E-state index in [4.69, 9.17) is 4.74 Å². The van der Waals surface area contributed by atoms with Crippen molar-refractivity contribution in [3.05, 3.63) is 56.1 Å². The van der Waals surface area contributed by atoms with E-state index < -0.39 is 44.8 Å². The highest BCUT2D eigenvalue weighted by Crippen LogP contribution is 2.55. The average molecular weight is 361 g/mol. The Morgan fingerprint density at radius 1 is 1.15 bits per heavy atom. The van der Waals surface area contributed by atoms with Crippen molar-refractivity contribution in [2.45, 2.75) is 36.1 Å². The second-order valence-corrected chi connectivity index (χ2v) is 7.54. The van der Waals surface area contributed by atoms with E-state index in [1.807, 2.05) is 30.3 Å². The number of nitrogens with zero attached hydrogens (tertiary/aromatic N) is 3.